The molecule has 5 nitrogen and oxygen atoms in total. The number of aryl methyl sites for hydroxylation is 1. The van der Waals surface area contributed by atoms with Crippen molar-refractivity contribution in [3.63, 3.8) is 0 Å². The number of hydrogen-bond acceptors (Lipinski definition) is 3. The SMILES string of the molecule is Cc1ncccc1-c1ccc2c(c1)-n1cc(C(=O)C3CCCC3)cc1C(=O)N(C)C21CC1. The number of amides is 1. The van der Waals surface area contributed by atoms with E-state index >= 15 is 0 Å². The number of fused-ring (bicyclic) bond motifs is 4. The lowest BCUT2D eigenvalue weighted by atomic mass is 9.95. The first-order chi connectivity index (χ1) is 15.5. The number of aromatic nitrogens is 2. The van der Waals surface area contributed by atoms with E-state index in [1.807, 2.05) is 41.8 Å². The number of carbonyl (C=O) groups is 2. The molecule has 5 heteroatoms. The number of carbonyl (C=O) groups excluding carboxylic acids is 2. The quantitative estimate of drug-likeness (QED) is 0.536. The molecule has 32 heavy (non-hydrogen) atoms. The Morgan fingerprint density at radius 2 is 1.91 bits per heavy atom. The van der Waals surface area contributed by atoms with Crippen LogP contribution in [0.5, 0.6) is 0 Å². The van der Waals surface area contributed by atoms with Gasteiger partial charge >= 0.3 is 0 Å². The summed E-state index contributed by atoms with van der Waals surface area (Å²) in [6.07, 6.45) is 9.78. The molecule has 3 heterocycles. The van der Waals surface area contributed by atoms with Crippen molar-refractivity contribution in [2.24, 2.45) is 5.92 Å². The molecule has 2 saturated carbocycles. The molecule has 0 radical (unpaired) electrons. The molecule has 1 amide bonds. The Morgan fingerprint density at radius 1 is 1.12 bits per heavy atom. The van der Waals surface area contributed by atoms with E-state index in [9.17, 15) is 9.59 Å². The monoisotopic (exact) mass is 425 g/mol. The van der Waals surface area contributed by atoms with Gasteiger partial charge in [-0.25, -0.2) is 0 Å². The molecule has 3 aliphatic rings. The van der Waals surface area contributed by atoms with Crippen LogP contribution in [0.1, 0.15) is 70.6 Å². The van der Waals surface area contributed by atoms with Gasteiger partial charge in [0, 0.05) is 47.7 Å². The summed E-state index contributed by atoms with van der Waals surface area (Å²) in [6.45, 7) is 2.01. The van der Waals surface area contributed by atoms with Crippen LogP contribution in [-0.2, 0) is 5.54 Å². The van der Waals surface area contributed by atoms with E-state index in [2.05, 4.69) is 29.2 Å². The fourth-order valence-corrected chi connectivity index (χ4v) is 5.74. The van der Waals surface area contributed by atoms with E-state index in [1.54, 1.807) is 6.20 Å². The molecule has 2 aliphatic carbocycles. The molecule has 0 saturated heterocycles. The summed E-state index contributed by atoms with van der Waals surface area (Å²) in [5.74, 6) is 0.261. The van der Waals surface area contributed by atoms with Gasteiger partial charge in [0.1, 0.15) is 5.69 Å². The van der Waals surface area contributed by atoms with E-state index in [4.69, 9.17) is 0 Å². The van der Waals surface area contributed by atoms with E-state index in [0.29, 0.717) is 11.3 Å². The molecule has 1 aliphatic heterocycles. The molecule has 3 aromatic rings. The predicted octanol–water partition coefficient (Wildman–Crippen LogP) is 5.30. The molecule has 2 aromatic heterocycles. The third-order valence-corrected chi connectivity index (χ3v) is 7.80. The van der Waals surface area contributed by atoms with Gasteiger partial charge in [-0.15, -0.1) is 0 Å². The van der Waals surface area contributed by atoms with E-state index in [1.165, 1.54) is 0 Å². The van der Waals surface area contributed by atoms with Crippen LogP contribution >= 0.6 is 0 Å². The second kappa shape index (κ2) is 6.89. The molecule has 6 rings (SSSR count). The van der Waals surface area contributed by atoms with Gasteiger partial charge in [0.05, 0.1) is 11.2 Å². The maximum absolute atomic E-state index is 13.5. The highest BCUT2D eigenvalue weighted by molar-refractivity contribution is 6.03. The van der Waals surface area contributed by atoms with Crippen molar-refractivity contribution in [1.82, 2.24) is 14.5 Å². The van der Waals surface area contributed by atoms with Crippen molar-refractivity contribution < 1.29 is 9.59 Å². The zero-order valence-corrected chi connectivity index (χ0v) is 18.6. The van der Waals surface area contributed by atoms with Crippen LogP contribution < -0.4 is 0 Å². The molecule has 162 valence electrons. The maximum atomic E-state index is 13.5. The summed E-state index contributed by atoms with van der Waals surface area (Å²) in [5.41, 5.74) is 6.29. The van der Waals surface area contributed by atoms with Gasteiger partial charge in [-0.3, -0.25) is 14.6 Å². The summed E-state index contributed by atoms with van der Waals surface area (Å²) in [6, 6.07) is 12.3. The summed E-state index contributed by atoms with van der Waals surface area (Å²) in [4.78, 5) is 33.0. The van der Waals surface area contributed by atoms with Gasteiger partial charge in [-0.2, -0.15) is 0 Å². The Balaban J connectivity index is 1.54. The Hall–Kier alpha value is -3.21. The average Bonchev–Trinajstić information content (AvgIpc) is 3.23. The molecule has 1 aromatic carbocycles. The largest absolute Gasteiger partial charge is 0.331 e. The Bertz CT molecular complexity index is 1260. The Morgan fingerprint density at radius 3 is 2.62 bits per heavy atom. The Labute approximate surface area is 188 Å². The van der Waals surface area contributed by atoms with Crippen molar-refractivity contribution >= 4 is 11.7 Å². The maximum Gasteiger partial charge on any atom is 0.271 e. The van der Waals surface area contributed by atoms with E-state index in [0.717, 1.165) is 66.6 Å². The number of Topliss-reactive ketones (excluding diaryl/α,β-unsaturated/α-hetero) is 1. The van der Waals surface area contributed by atoms with Crippen molar-refractivity contribution in [2.45, 2.75) is 51.0 Å². The number of hydrogen-bond donors (Lipinski definition) is 0. The smallest absolute Gasteiger partial charge is 0.271 e. The van der Waals surface area contributed by atoms with Crippen LogP contribution in [-0.4, -0.2) is 33.2 Å². The van der Waals surface area contributed by atoms with Gasteiger partial charge in [0.15, 0.2) is 5.78 Å². The van der Waals surface area contributed by atoms with Crippen LogP contribution in [0.4, 0.5) is 0 Å². The molecule has 0 unspecified atom stereocenters. The lowest BCUT2D eigenvalue weighted by molar-refractivity contribution is 0.0705. The van der Waals surface area contributed by atoms with Crippen molar-refractivity contribution in [3.8, 4) is 16.8 Å². The number of rotatable bonds is 3. The van der Waals surface area contributed by atoms with E-state index < -0.39 is 0 Å². The highest BCUT2D eigenvalue weighted by Crippen LogP contribution is 2.54. The highest BCUT2D eigenvalue weighted by Gasteiger charge is 2.53. The van der Waals surface area contributed by atoms with Crippen LogP contribution in [0.2, 0.25) is 0 Å². The summed E-state index contributed by atoms with van der Waals surface area (Å²) >= 11 is 0. The van der Waals surface area contributed by atoms with Crippen molar-refractivity contribution in [1.29, 1.82) is 0 Å². The fourth-order valence-electron chi connectivity index (χ4n) is 5.74. The molecule has 0 atom stereocenters. The topological polar surface area (TPSA) is 55.2 Å². The lowest BCUT2D eigenvalue weighted by Crippen LogP contribution is -2.36. The third-order valence-electron chi connectivity index (χ3n) is 7.80. The van der Waals surface area contributed by atoms with E-state index in [-0.39, 0.29) is 23.1 Å². The van der Waals surface area contributed by atoms with Gasteiger partial charge in [0.2, 0.25) is 0 Å². The van der Waals surface area contributed by atoms with Crippen molar-refractivity contribution in [3.05, 3.63) is 71.3 Å². The van der Waals surface area contributed by atoms with Crippen LogP contribution in [0.3, 0.4) is 0 Å². The normalized spacial score (nSPS) is 19.1. The van der Waals surface area contributed by atoms with Gasteiger partial charge in [-0.05, 0) is 56.4 Å². The first-order valence-corrected chi connectivity index (χ1v) is 11.6. The second-order valence-electron chi connectivity index (χ2n) is 9.59. The minimum Gasteiger partial charge on any atom is -0.331 e. The minimum atomic E-state index is -0.246. The fraction of sp³-hybridized carbons (Fsp3) is 0.370. The lowest BCUT2D eigenvalue weighted by Gasteiger charge is -2.27. The number of ketones is 1. The summed E-state index contributed by atoms with van der Waals surface area (Å²) in [7, 11) is 1.90. The molecule has 0 bridgehead atoms. The average molecular weight is 426 g/mol. The van der Waals surface area contributed by atoms with Crippen molar-refractivity contribution in [2.75, 3.05) is 7.05 Å². The zero-order valence-electron chi connectivity index (χ0n) is 18.6. The molecular formula is C27H27N3O2. The number of nitrogens with zero attached hydrogens (tertiary/aromatic N) is 3. The molecule has 2 fully saturated rings. The molecule has 1 spiro atoms. The van der Waals surface area contributed by atoms with Gasteiger partial charge < -0.3 is 9.47 Å². The standard InChI is InChI=1S/C27H27N3O2/c1-17-21(8-5-13-28-17)19-9-10-22-23(14-19)30-16-20(25(31)18-6-3-4-7-18)15-24(30)26(32)29(2)27(22)11-12-27/h5,8-10,13-16,18H,3-4,6-7,11-12H2,1-2H3. The first-order valence-electron chi connectivity index (χ1n) is 11.6. The zero-order chi connectivity index (χ0) is 22.0. The van der Waals surface area contributed by atoms with Gasteiger partial charge in [-0.1, -0.05) is 31.0 Å². The van der Waals surface area contributed by atoms with Crippen LogP contribution in [0.25, 0.3) is 16.8 Å². The second-order valence-corrected chi connectivity index (χ2v) is 9.59. The minimum absolute atomic E-state index is 0.0109. The first kappa shape index (κ1) is 19.5. The molecule has 0 N–H and O–H groups in total. The Kier molecular flexibility index (Phi) is 4.19. The highest BCUT2D eigenvalue weighted by atomic mass is 16.2. The van der Waals surface area contributed by atoms with Crippen LogP contribution in [0.15, 0.2) is 48.8 Å². The number of pyridine rings is 1. The summed E-state index contributed by atoms with van der Waals surface area (Å²) in [5, 5.41) is 0. The van der Waals surface area contributed by atoms with Crippen LogP contribution in [0, 0.1) is 12.8 Å². The van der Waals surface area contributed by atoms with Gasteiger partial charge in [0.25, 0.3) is 5.91 Å². The summed E-state index contributed by atoms with van der Waals surface area (Å²) < 4.78 is 1.97. The third kappa shape index (κ3) is 2.73. The predicted molar refractivity (Wildman–Crippen MR) is 123 cm³/mol. The number of benzene rings is 1. The molecular weight excluding hydrogens is 398 g/mol.